The number of fused-ring (bicyclic) bond motifs is 1. The van der Waals surface area contributed by atoms with Crippen molar-refractivity contribution in [2.45, 2.75) is 30.8 Å². The molecule has 0 saturated carbocycles. The Bertz CT molecular complexity index is 1070. The van der Waals surface area contributed by atoms with E-state index in [0.717, 1.165) is 29.5 Å². The molecule has 0 aliphatic rings. The molecule has 0 radical (unpaired) electrons. The first-order chi connectivity index (χ1) is 13.2. The molecule has 2 heterocycles. The lowest BCUT2D eigenvalue weighted by Gasteiger charge is -2.09. The number of halogens is 2. The Balaban J connectivity index is 1.69. The van der Waals surface area contributed by atoms with Crippen molar-refractivity contribution in [1.29, 1.82) is 0 Å². The van der Waals surface area contributed by atoms with E-state index in [9.17, 15) is 4.39 Å². The summed E-state index contributed by atoms with van der Waals surface area (Å²) in [4.78, 5) is 0. The fourth-order valence-corrected chi connectivity index (χ4v) is 5.23. The molecule has 0 amide bonds. The molecule has 0 N–H and O–H groups in total. The Morgan fingerprint density at radius 1 is 1.15 bits per heavy atom. The van der Waals surface area contributed by atoms with Crippen molar-refractivity contribution in [2.75, 3.05) is 0 Å². The highest BCUT2D eigenvalue weighted by molar-refractivity contribution is 7.98. The van der Waals surface area contributed by atoms with Gasteiger partial charge in [-0.05, 0) is 24.6 Å². The van der Waals surface area contributed by atoms with Gasteiger partial charge in [-0.15, -0.1) is 21.5 Å². The number of aromatic nitrogens is 3. The van der Waals surface area contributed by atoms with Gasteiger partial charge in [0, 0.05) is 43.9 Å². The second-order valence-electron chi connectivity index (χ2n) is 6.09. The zero-order valence-electron chi connectivity index (χ0n) is 14.7. The van der Waals surface area contributed by atoms with Crippen LogP contribution >= 0.6 is 34.7 Å². The monoisotopic (exact) mass is 417 g/mol. The van der Waals surface area contributed by atoms with Crippen molar-refractivity contribution >= 4 is 44.8 Å². The number of hydrogen-bond donors (Lipinski definition) is 0. The molecule has 138 valence electrons. The van der Waals surface area contributed by atoms with Gasteiger partial charge in [0.15, 0.2) is 11.0 Å². The van der Waals surface area contributed by atoms with E-state index in [-0.39, 0.29) is 5.82 Å². The minimum absolute atomic E-state index is 0.291. The molecule has 4 rings (SSSR count). The van der Waals surface area contributed by atoms with E-state index in [4.69, 9.17) is 11.6 Å². The van der Waals surface area contributed by atoms with Gasteiger partial charge in [0.05, 0.1) is 0 Å². The van der Waals surface area contributed by atoms with Crippen LogP contribution < -0.4 is 0 Å². The Kier molecular flexibility index (Phi) is 5.48. The van der Waals surface area contributed by atoms with Gasteiger partial charge in [0.2, 0.25) is 0 Å². The maximum Gasteiger partial charge on any atom is 0.191 e. The third-order valence-electron chi connectivity index (χ3n) is 4.29. The predicted octanol–water partition coefficient (Wildman–Crippen LogP) is 6.65. The highest BCUT2D eigenvalue weighted by Crippen LogP contribution is 2.35. The molecule has 0 aliphatic heterocycles. The highest BCUT2D eigenvalue weighted by atomic mass is 35.5. The van der Waals surface area contributed by atoms with E-state index >= 15 is 0 Å². The van der Waals surface area contributed by atoms with E-state index in [1.165, 1.54) is 27.9 Å². The topological polar surface area (TPSA) is 30.7 Å². The summed E-state index contributed by atoms with van der Waals surface area (Å²) >= 11 is 9.32. The lowest BCUT2D eigenvalue weighted by Crippen LogP contribution is -2.02. The first kappa shape index (κ1) is 18.5. The Morgan fingerprint density at radius 2 is 2.00 bits per heavy atom. The molecule has 4 aromatic rings. The van der Waals surface area contributed by atoms with E-state index in [1.807, 2.05) is 12.1 Å². The zero-order chi connectivity index (χ0) is 18.8. The van der Waals surface area contributed by atoms with Crippen LogP contribution in [-0.4, -0.2) is 14.8 Å². The third-order valence-corrected chi connectivity index (χ3v) is 6.60. The molecule has 0 saturated heterocycles. The smallest absolute Gasteiger partial charge is 0.191 e. The minimum Gasteiger partial charge on any atom is -0.302 e. The Labute approximate surface area is 170 Å². The van der Waals surface area contributed by atoms with Crippen molar-refractivity contribution in [3.63, 3.8) is 0 Å². The van der Waals surface area contributed by atoms with E-state index < -0.39 is 0 Å². The van der Waals surface area contributed by atoms with Gasteiger partial charge < -0.3 is 4.57 Å². The first-order valence-corrected chi connectivity index (χ1v) is 10.9. The van der Waals surface area contributed by atoms with E-state index in [1.54, 1.807) is 23.5 Å². The van der Waals surface area contributed by atoms with Crippen LogP contribution in [0.15, 0.2) is 53.0 Å². The lowest BCUT2D eigenvalue weighted by molar-refractivity contribution is 0.615. The highest BCUT2D eigenvalue weighted by Gasteiger charge is 2.18. The molecular formula is C20H17ClFN3S2. The summed E-state index contributed by atoms with van der Waals surface area (Å²) in [6.45, 7) is 2.93. The number of benzene rings is 2. The predicted molar refractivity (Wildman–Crippen MR) is 112 cm³/mol. The number of thioether (sulfide) groups is 1. The summed E-state index contributed by atoms with van der Waals surface area (Å²) < 4.78 is 17.4. The van der Waals surface area contributed by atoms with Gasteiger partial charge in [-0.2, -0.15) is 0 Å². The number of thiophene rings is 1. The molecule has 27 heavy (non-hydrogen) atoms. The standard InChI is InChI=1S/C20H17ClFN3S2/c1-2-10-25-19(14-11-26-18-9-4-3-6-13(14)18)23-24-20(25)27-12-15-16(21)7-5-8-17(15)22/h3-9,11H,2,10,12H2,1H3. The maximum atomic E-state index is 14.1. The summed E-state index contributed by atoms with van der Waals surface area (Å²) in [5.41, 5.74) is 1.59. The summed E-state index contributed by atoms with van der Waals surface area (Å²) in [5, 5.41) is 13.4. The molecule has 3 nitrogen and oxygen atoms in total. The number of nitrogens with zero attached hydrogens (tertiary/aromatic N) is 3. The average molecular weight is 418 g/mol. The molecular weight excluding hydrogens is 401 g/mol. The number of hydrogen-bond acceptors (Lipinski definition) is 4. The fraction of sp³-hybridized carbons (Fsp3) is 0.200. The number of rotatable bonds is 6. The van der Waals surface area contributed by atoms with Crippen molar-refractivity contribution in [1.82, 2.24) is 14.8 Å². The van der Waals surface area contributed by atoms with Crippen molar-refractivity contribution < 1.29 is 4.39 Å². The molecule has 0 aliphatic carbocycles. The molecule has 0 fully saturated rings. The lowest BCUT2D eigenvalue weighted by atomic mass is 10.1. The van der Waals surface area contributed by atoms with Gasteiger partial charge in [0.1, 0.15) is 5.82 Å². The summed E-state index contributed by atoms with van der Waals surface area (Å²) in [6, 6.07) is 13.1. The molecule has 2 aromatic carbocycles. The molecule has 0 unspecified atom stereocenters. The third kappa shape index (κ3) is 3.61. The molecule has 7 heteroatoms. The van der Waals surface area contributed by atoms with Gasteiger partial charge in [-0.1, -0.05) is 54.6 Å². The van der Waals surface area contributed by atoms with E-state index in [2.05, 4.69) is 39.2 Å². The normalized spacial score (nSPS) is 11.4. The van der Waals surface area contributed by atoms with E-state index in [0.29, 0.717) is 16.3 Å². The molecule has 0 spiro atoms. The largest absolute Gasteiger partial charge is 0.302 e. The molecule has 2 aromatic heterocycles. The second kappa shape index (κ2) is 8.00. The minimum atomic E-state index is -0.291. The van der Waals surface area contributed by atoms with Gasteiger partial charge in [-0.3, -0.25) is 0 Å². The average Bonchev–Trinajstić information content (AvgIpc) is 3.26. The van der Waals surface area contributed by atoms with Crippen molar-refractivity contribution in [3.8, 4) is 11.4 Å². The van der Waals surface area contributed by atoms with Gasteiger partial charge >= 0.3 is 0 Å². The Morgan fingerprint density at radius 3 is 2.81 bits per heavy atom. The second-order valence-corrected chi connectivity index (χ2v) is 8.35. The van der Waals surface area contributed by atoms with Crippen LogP contribution in [0, 0.1) is 5.82 Å². The fourth-order valence-electron chi connectivity index (χ4n) is 2.98. The summed E-state index contributed by atoms with van der Waals surface area (Å²) in [5.74, 6) is 0.981. The quantitative estimate of drug-likeness (QED) is 0.329. The summed E-state index contributed by atoms with van der Waals surface area (Å²) in [7, 11) is 0. The zero-order valence-corrected chi connectivity index (χ0v) is 17.0. The molecule has 0 bridgehead atoms. The SMILES string of the molecule is CCCn1c(SCc2c(F)cccc2Cl)nnc1-c1csc2ccccc12. The first-order valence-electron chi connectivity index (χ1n) is 8.64. The van der Waals surface area contributed by atoms with Crippen LogP contribution in [0.5, 0.6) is 0 Å². The van der Waals surface area contributed by atoms with Crippen LogP contribution in [0.1, 0.15) is 18.9 Å². The van der Waals surface area contributed by atoms with Crippen LogP contribution in [0.2, 0.25) is 5.02 Å². The Hall–Kier alpha value is -1.89. The van der Waals surface area contributed by atoms with Crippen molar-refractivity contribution in [3.05, 3.63) is 64.2 Å². The van der Waals surface area contributed by atoms with Crippen LogP contribution in [0.25, 0.3) is 21.5 Å². The van der Waals surface area contributed by atoms with Crippen molar-refractivity contribution in [2.24, 2.45) is 0 Å². The van der Waals surface area contributed by atoms with Gasteiger partial charge in [-0.25, -0.2) is 4.39 Å². The van der Waals surface area contributed by atoms with Crippen LogP contribution in [-0.2, 0) is 12.3 Å². The van der Waals surface area contributed by atoms with Crippen LogP contribution in [0.3, 0.4) is 0 Å². The maximum absolute atomic E-state index is 14.1. The van der Waals surface area contributed by atoms with Gasteiger partial charge in [0.25, 0.3) is 0 Å². The summed E-state index contributed by atoms with van der Waals surface area (Å²) in [6.07, 6.45) is 0.959. The van der Waals surface area contributed by atoms with Crippen LogP contribution in [0.4, 0.5) is 4.39 Å². The molecule has 0 atom stereocenters.